The second-order valence-electron chi connectivity index (χ2n) is 5.31. The lowest BCUT2D eigenvalue weighted by atomic mass is 10.2. The molecule has 2 heterocycles. The molecule has 0 bridgehead atoms. The first kappa shape index (κ1) is 17.2. The normalized spacial score (nSPS) is 15.3. The van der Waals surface area contributed by atoms with Crippen molar-refractivity contribution in [3.63, 3.8) is 0 Å². The smallest absolute Gasteiger partial charge is 0.259 e. The molecule has 1 aliphatic rings. The number of rotatable bonds is 6. The van der Waals surface area contributed by atoms with Gasteiger partial charge in [-0.15, -0.1) is 0 Å². The SMILES string of the molecule is CCNC(=O)CN1CCN(C(=O)c2cccnc2OCC)CC1. The summed E-state index contributed by atoms with van der Waals surface area (Å²) in [7, 11) is 0. The zero-order valence-corrected chi connectivity index (χ0v) is 13.7. The van der Waals surface area contributed by atoms with E-state index in [1.165, 1.54) is 0 Å². The fourth-order valence-electron chi connectivity index (χ4n) is 2.54. The van der Waals surface area contributed by atoms with Crippen LogP contribution in [0.5, 0.6) is 5.88 Å². The van der Waals surface area contributed by atoms with Crippen molar-refractivity contribution >= 4 is 11.8 Å². The first-order valence-corrected chi connectivity index (χ1v) is 8.01. The summed E-state index contributed by atoms with van der Waals surface area (Å²) in [5.74, 6) is 0.335. The highest BCUT2D eigenvalue weighted by Gasteiger charge is 2.25. The Morgan fingerprint density at radius 3 is 2.65 bits per heavy atom. The van der Waals surface area contributed by atoms with Crippen molar-refractivity contribution in [2.24, 2.45) is 0 Å². The first-order chi connectivity index (χ1) is 11.2. The van der Waals surface area contributed by atoms with Gasteiger partial charge in [-0.1, -0.05) is 0 Å². The average molecular weight is 320 g/mol. The summed E-state index contributed by atoms with van der Waals surface area (Å²) in [6, 6.07) is 3.47. The highest BCUT2D eigenvalue weighted by Crippen LogP contribution is 2.17. The highest BCUT2D eigenvalue weighted by molar-refractivity contribution is 5.96. The number of amides is 2. The van der Waals surface area contributed by atoms with Gasteiger partial charge in [-0.2, -0.15) is 0 Å². The predicted molar refractivity (Wildman–Crippen MR) is 86.4 cm³/mol. The lowest BCUT2D eigenvalue weighted by molar-refractivity contribution is -0.122. The number of carbonyl (C=O) groups excluding carboxylic acids is 2. The number of piperazine rings is 1. The maximum atomic E-state index is 12.6. The number of likely N-dealkylation sites (N-methyl/N-ethyl adjacent to an activating group) is 1. The van der Waals surface area contributed by atoms with Crippen LogP contribution in [0.15, 0.2) is 18.3 Å². The molecule has 2 amide bonds. The average Bonchev–Trinajstić information content (AvgIpc) is 2.56. The predicted octanol–water partition coefficient (Wildman–Crippen LogP) is 0.374. The number of hydrogen-bond donors (Lipinski definition) is 1. The van der Waals surface area contributed by atoms with Crippen LogP contribution in [0, 0.1) is 0 Å². The Bertz CT molecular complexity index is 542. The summed E-state index contributed by atoms with van der Waals surface area (Å²) in [4.78, 5) is 32.2. The third kappa shape index (κ3) is 4.66. The van der Waals surface area contributed by atoms with E-state index in [4.69, 9.17) is 4.74 Å². The molecule has 0 saturated carbocycles. The van der Waals surface area contributed by atoms with Crippen LogP contribution in [0.3, 0.4) is 0 Å². The van der Waals surface area contributed by atoms with Crippen LogP contribution in [-0.4, -0.2) is 72.5 Å². The van der Waals surface area contributed by atoms with E-state index in [9.17, 15) is 9.59 Å². The van der Waals surface area contributed by atoms with Crippen molar-refractivity contribution in [3.05, 3.63) is 23.9 Å². The fraction of sp³-hybridized carbons (Fsp3) is 0.562. The lowest BCUT2D eigenvalue weighted by Crippen LogP contribution is -2.51. The fourth-order valence-corrected chi connectivity index (χ4v) is 2.54. The summed E-state index contributed by atoms with van der Waals surface area (Å²) >= 11 is 0. The molecule has 7 heteroatoms. The maximum Gasteiger partial charge on any atom is 0.259 e. The van der Waals surface area contributed by atoms with Crippen LogP contribution in [-0.2, 0) is 4.79 Å². The van der Waals surface area contributed by atoms with Crippen molar-refractivity contribution in [2.45, 2.75) is 13.8 Å². The molecule has 1 aliphatic heterocycles. The topological polar surface area (TPSA) is 74.8 Å². The van der Waals surface area contributed by atoms with Gasteiger partial charge in [0.15, 0.2) is 0 Å². The van der Waals surface area contributed by atoms with E-state index in [1.54, 1.807) is 23.2 Å². The minimum Gasteiger partial charge on any atom is -0.477 e. The molecule has 0 aromatic carbocycles. The number of nitrogens with zero attached hydrogens (tertiary/aromatic N) is 3. The molecule has 126 valence electrons. The molecule has 1 N–H and O–H groups in total. The van der Waals surface area contributed by atoms with Crippen LogP contribution in [0.4, 0.5) is 0 Å². The quantitative estimate of drug-likeness (QED) is 0.820. The molecular formula is C16H24N4O3. The van der Waals surface area contributed by atoms with Crippen molar-refractivity contribution in [1.82, 2.24) is 20.1 Å². The van der Waals surface area contributed by atoms with E-state index < -0.39 is 0 Å². The highest BCUT2D eigenvalue weighted by atomic mass is 16.5. The molecule has 0 spiro atoms. The minimum atomic E-state index is -0.0702. The summed E-state index contributed by atoms with van der Waals surface area (Å²) in [5.41, 5.74) is 0.492. The standard InChI is InChI=1S/C16H24N4O3/c1-3-17-14(21)12-19-8-10-20(11-9-19)16(22)13-6-5-7-18-15(13)23-4-2/h5-7H,3-4,8-12H2,1-2H3,(H,17,21). The van der Waals surface area contributed by atoms with Gasteiger partial charge in [0, 0.05) is 38.9 Å². The van der Waals surface area contributed by atoms with Gasteiger partial charge in [0.1, 0.15) is 5.56 Å². The molecule has 7 nitrogen and oxygen atoms in total. The van der Waals surface area contributed by atoms with Crippen molar-refractivity contribution in [2.75, 3.05) is 45.9 Å². The number of carbonyl (C=O) groups is 2. The second kappa shape index (κ2) is 8.47. The third-order valence-corrected chi connectivity index (χ3v) is 3.68. The Balaban J connectivity index is 1.92. The van der Waals surface area contributed by atoms with Crippen LogP contribution in [0.1, 0.15) is 24.2 Å². The minimum absolute atomic E-state index is 0.0261. The molecule has 1 aromatic rings. The van der Waals surface area contributed by atoms with Crippen LogP contribution in [0.2, 0.25) is 0 Å². The molecule has 0 atom stereocenters. The molecule has 1 saturated heterocycles. The number of nitrogens with one attached hydrogen (secondary N) is 1. The van der Waals surface area contributed by atoms with Crippen molar-refractivity contribution in [1.29, 1.82) is 0 Å². The zero-order chi connectivity index (χ0) is 16.7. The van der Waals surface area contributed by atoms with E-state index in [2.05, 4.69) is 15.2 Å². The van der Waals surface area contributed by atoms with E-state index in [-0.39, 0.29) is 11.8 Å². The van der Waals surface area contributed by atoms with Gasteiger partial charge in [0.2, 0.25) is 11.8 Å². The summed E-state index contributed by atoms with van der Waals surface area (Å²) in [5, 5.41) is 2.79. The van der Waals surface area contributed by atoms with E-state index in [0.717, 1.165) is 0 Å². The second-order valence-corrected chi connectivity index (χ2v) is 5.31. The maximum absolute atomic E-state index is 12.6. The van der Waals surface area contributed by atoms with Crippen molar-refractivity contribution in [3.8, 4) is 5.88 Å². The molecule has 0 unspecified atom stereocenters. The van der Waals surface area contributed by atoms with Gasteiger partial charge in [-0.05, 0) is 26.0 Å². The lowest BCUT2D eigenvalue weighted by Gasteiger charge is -2.34. The molecule has 23 heavy (non-hydrogen) atoms. The van der Waals surface area contributed by atoms with Gasteiger partial charge >= 0.3 is 0 Å². The van der Waals surface area contributed by atoms with E-state index in [1.807, 2.05) is 13.8 Å². The zero-order valence-electron chi connectivity index (χ0n) is 13.7. The van der Waals surface area contributed by atoms with Gasteiger partial charge < -0.3 is 15.0 Å². The Hall–Kier alpha value is -2.15. The molecule has 0 radical (unpaired) electrons. The largest absolute Gasteiger partial charge is 0.477 e. The van der Waals surface area contributed by atoms with Gasteiger partial charge in [-0.3, -0.25) is 14.5 Å². The Morgan fingerprint density at radius 1 is 1.26 bits per heavy atom. The van der Waals surface area contributed by atoms with Crippen molar-refractivity contribution < 1.29 is 14.3 Å². The molecule has 0 aliphatic carbocycles. The van der Waals surface area contributed by atoms with E-state index >= 15 is 0 Å². The molecule has 1 fully saturated rings. The van der Waals surface area contributed by atoms with E-state index in [0.29, 0.717) is 57.3 Å². The molecule has 2 rings (SSSR count). The number of ether oxygens (including phenoxy) is 1. The number of pyridine rings is 1. The summed E-state index contributed by atoms with van der Waals surface area (Å²) in [6.45, 7) is 7.82. The van der Waals surface area contributed by atoms with Gasteiger partial charge in [-0.25, -0.2) is 4.98 Å². The third-order valence-electron chi connectivity index (χ3n) is 3.68. The van der Waals surface area contributed by atoms with Crippen LogP contribution < -0.4 is 10.1 Å². The van der Waals surface area contributed by atoms with Gasteiger partial charge in [0.25, 0.3) is 5.91 Å². The van der Waals surface area contributed by atoms with Crippen LogP contribution in [0.25, 0.3) is 0 Å². The summed E-state index contributed by atoms with van der Waals surface area (Å²) in [6.07, 6.45) is 1.62. The Morgan fingerprint density at radius 2 is 2.00 bits per heavy atom. The van der Waals surface area contributed by atoms with Crippen LogP contribution >= 0.6 is 0 Å². The van der Waals surface area contributed by atoms with Gasteiger partial charge in [0.05, 0.1) is 13.2 Å². The first-order valence-electron chi connectivity index (χ1n) is 8.01. The molecular weight excluding hydrogens is 296 g/mol. The summed E-state index contributed by atoms with van der Waals surface area (Å²) < 4.78 is 5.43. The number of aromatic nitrogens is 1. The number of hydrogen-bond acceptors (Lipinski definition) is 5. The Kier molecular flexibility index (Phi) is 6.34. The molecule has 1 aromatic heterocycles. The Labute approximate surface area is 136 Å². The monoisotopic (exact) mass is 320 g/mol.